The lowest BCUT2D eigenvalue weighted by atomic mass is 9.83. The van der Waals surface area contributed by atoms with Crippen molar-refractivity contribution in [1.82, 2.24) is 20.1 Å². The fraction of sp³-hybridized carbons (Fsp3) is 0.846. The number of aromatic nitrogens is 3. The third-order valence-electron chi connectivity index (χ3n) is 4.20. The van der Waals surface area contributed by atoms with Crippen LogP contribution < -0.4 is 5.32 Å². The van der Waals surface area contributed by atoms with Gasteiger partial charge in [-0.05, 0) is 11.8 Å². The Morgan fingerprint density at radius 3 is 2.82 bits per heavy atom. The van der Waals surface area contributed by atoms with Crippen molar-refractivity contribution >= 4 is 0 Å². The zero-order chi connectivity index (χ0) is 11.8. The fourth-order valence-electron chi connectivity index (χ4n) is 2.89. The molecule has 1 atom stereocenters. The summed E-state index contributed by atoms with van der Waals surface area (Å²) in [4.78, 5) is 0. The molecule has 17 heavy (non-hydrogen) atoms. The fourth-order valence-corrected chi connectivity index (χ4v) is 2.89. The second-order valence-electron chi connectivity index (χ2n) is 5.80. The molecular formula is C13H22N4. The van der Waals surface area contributed by atoms with Crippen LogP contribution in [0.25, 0.3) is 0 Å². The Kier molecular flexibility index (Phi) is 2.90. The van der Waals surface area contributed by atoms with Crippen molar-refractivity contribution in [1.29, 1.82) is 0 Å². The van der Waals surface area contributed by atoms with E-state index in [9.17, 15) is 0 Å². The standard InChI is InChI=1S/C13H22N4/c1-9(2)12-13-16-15-11(8-10-4-3-5-10)17(13)7-6-14-12/h9-10,12,14H,3-8H2,1-2H3. The molecule has 1 aromatic heterocycles. The molecule has 0 amide bonds. The average molecular weight is 234 g/mol. The molecule has 1 aliphatic heterocycles. The first-order valence-corrected chi connectivity index (χ1v) is 6.91. The molecule has 1 fully saturated rings. The molecule has 1 saturated carbocycles. The summed E-state index contributed by atoms with van der Waals surface area (Å²) in [5.74, 6) is 3.82. The summed E-state index contributed by atoms with van der Waals surface area (Å²) in [5, 5.41) is 12.4. The third kappa shape index (κ3) is 1.99. The molecule has 1 aliphatic carbocycles. The van der Waals surface area contributed by atoms with Crippen LogP contribution in [-0.2, 0) is 13.0 Å². The van der Waals surface area contributed by atoms with Gasteiger partial charge in [-0.1, -0.05) is 33.1 Å². The van der Waals surface area contributed by atoms with Crippen LogP contribution in [0.2, 0.25) is 0 Å². The number of hydrogen-bond acceptors (Lipinski definition) is 3. The van der Waals surface area contributed by atoms with Gasteiger partial charge in [-0.25, -0.2) is 0 Å². The molecule has 4 nitrogen and oxygen atoms in total. The van der Waals surface area contributed by atoms with E-state index < -0.39 is 0 Å². The van der Waals surface area contributed by atoms with E-state index in [0.717, 1.165) is 31.3 Å². The summed E-state index contributed by atoms with van der Waals surface area (Å²) in [5.41, 5.74) is 0. The normalized spacial score (nSPS) is 24.8. The minimum absolute atomic E-state index is 0.381. The molecule has 0 radical (unpaired) electrons. The van der Waals surface area contributed by atoms with Crippen LogP contribution in [0.3, 0.4) is 0 Å². The first-order chi connectivity index (χ1) is 8.25. The number of nitrogens with one attached hydrogen (secondary N) is 1. The van der Waals surface area contributed by atoms with Gasteiger partial charge in [0.1, 0.15) is 5.82 Å². The maximum absolute atomic E-state index is 4.43. The number of hydrogen-bond donors (Lipinski definition) is 1. The molecule has 0 aromatic carbocycles. The Balaban J connectivity index is 1.82. The van der Waals surface area contributed by atoms with Gasteiger partial charge in [0.2, 0.25) is 0 Å². The molecule has 2 heterocycles. The van der Waals surface area contributed by atoms with Gasteiger partial charge >= 0.3 is 0 Å². The van der Waals surface area contributed by atoms with Gasteiger partial charge in [0, 0.05) is 19.5 Å². The predicted octanol–water partition coefficient (Wildman–Crippen LogP) is 1.92. The first-order valence-electron chi connectivity index (χ1n) is 6.91. The highest BCUT2D eigenvalue weighted by Gasteiger charge is 2.28. The second kappa shape index (κ2) is 4.41. The lowest BCUT2D eigenvalue weighted by molar-refractivity contribution is 0.296. The van der Waals surface area contributed by atoms with Crippen LogP contribution in [0.1, 0.15) is 50.8 Å². The van der Waals surface area contributed by atoms with E-state index in [1.165, 1.54) is 25.1 Å². The summed E-state index contributed by atoms with van der Waals surface area (Å²) < 4.78 is 2.36. The minimum Gasteiger partial charge on any atom is -0.312 e. The summed E-state index contributed by atoms with van der Waals surface area (Å²) in [7, 11) is 0. The van der Waals surface area contributed by atoms with Gasteiger partial charge in [-0.3, -0.25) is 0 Å². The zero-order valence-electron chi connectivity index (χ0n) is 10.8. The first kappa shape index (κ1) is 11.2. The molecule has 1 aromatic rings. The smallest absolute Gasteiger partial charge is 0.150 e. The summed E-state index contributed by atoms with van der Waals surface area (Å²) in [6.07, 6.45) is 5.31. The van der Waals surface area contributed by atoms with Crippen molar-refractivity contribution in [2.24, 2.45) is 11.8 Å². The zero-order valence-corrected chi connectivity index (χ0v) is 10.8. The highest BCUT2D eigenvalue weighted by Crippen LogP contribution is 2.31. The molecule has 94 valence electrons. The van der Waals surface area contributed by atoms with E-state index in [4.69, 9.17) is 0 Å². The van der Waals surface area contributed by atoms with Gasteiger partial charge in [0.05, 0.1) is 6.04 Å². The lowest BCUT2D eigenvalue weighted by Gasteiger charge is -2.29. The van der Waals surface area contributed by atoms with E-state index in [0.29, 0.717) is 12.0 Å². The van der Waals surface area contributed by atoms with Crippen LogP contribution >= 0.6 is 0 Å². The van der Waals surface area contributed by atoms with E-state index in [-0.39, 0.29) is 0 Å². The molecule has 2 aliphatic rings. The Bertz CT molecular complexity index is 392. The third-order valence-corrected chi connectivity index (χ3v) is 4.20. The molecule has 0 bridgehead atoms. The molecule has 1 N–H and O–H groups in total. The van der Waals surface area contributed by atoms with E-state index >= 15 is 0 Å². The van der Waals surface area contributed by atoms with Crippen LogP contribution in [0.4, 0.5) is 0 Å². The van der Waals surface area contributed by atoms with Crippen LogP contribution in [-0.4, -0.2) is 21.3 Å². The van der Waals surface area contributed by atoms with Gasteiger partial charge in [0.15, 0.2) is 5.82 Å². The van der Waals surface area contributed by atoms with Gasteiger partial charge in [-0.15, -0.1) is 10.2 Å². The van der Waals surface area contributed by atoms with Crippen molar-refractivity contribution in [3.05, 3.63) is 11.6 Å². The van der Waals surface area contributed by atoms with Crippen molar-refractivity contribution in [3.63, 3.8) is 0 Å². The van der Waals surface area contributed by atoms with Crippen LogP contribution in [0.15, 0.2) is 0 Å². The maximum Gasteiger partial charge on any atom is 0.150 e. The quantitative estimate of drug-likeness (QED) is 0.869. The monoisotopic (exact) mass is 234 g/mol. The van der Waals surface area contributed by atoms with Crippen molar-refractivity contribution in [2.75, 3.05) is 6.54 Å². The minimum atomic E-state index is 0.381. The number of nitrogens with zero attached hydrogens (tertiary/aromatic N) is 3. The average Bonchev–Trinajstić information content (AvgIpc) is 2.66. The van der Waals surface area contributed by atoms with Crippen molar-refractivity contribution < 1.29 is 0 Å². The number of rotatable bonds is 3. The Hall–Kier alpha value is -0.900. The highest BCUT2D eigenvalue weighted by molar-refractivity contribution is 5.06. The summed E-state index contributed by atoms with van der Waals surface area (Å²) in [6, 6.07) is 0.381. The largest absolute Gasteiger partial charge is 0.312 e. The predicted molar refractivity (Wildman–Crippen MR) is 66.6 cm³/mol. The van der Waals surface area contributed by atoms with E-state index in [2.05, 4.69) is 33.9 Å². The number of fused-ring (bicyclic) bond motifs is 1. The Morgan fingerprint density at radius 1 is 1.35 bits per heavy atom. The SMILES string of the molecule is CC(C)C1NCCn2c(CC3CCC3)nnc21. The Morgan fingerprint density at radius 2 is 2.18 bits per heavy atom. The highest BCUT2D eigenvalue weighted by atomic mass is 15.3. The molecule has 3 rings (SSSR count). The maximum atomic E-state index is 4.43. The molecule has 1 unspecified atom stereocenters. The molecule has 0 spiro atoms. The molecular weight excluding hydrogens is 212 g/mol. The van der Waals surface area contributed by atoms with Crippen molar-refractivity contribution in [2.45, 2.75) is 52.1 Å². The van der Waals surface area contributed by atoms with Gasteiger partial charge < -0.3 is 9.88 Å². The van der Waals surface area contributed by atoms with Crippen LogP contribution in [0, 0.1) is 11.8 Å². The summed E-state index contributed by atoms with van der Waals surface area (Å²) in [6.45, 7) is 6.57. The topological polar surface area (TPSA) is 42.7 Å². The van der Waals surface area contributed by atoms with Gasteiger partial charge in [0.25, 0.3) is 0 Å². The molecule has 0 saturated heterocycles. The van der Waals surface area contributed by atoms with Crippen molar-refractivity contribution in [3.8, 4) is 0 Å². The van der Waals surface area contributed by atoms with Crippen LogP contribution in [0.5, 0.6) is 0 Å². The Labute approximate surface area is 103 Å². The van der Waals surface area contributed by atoms with E-state index in [1.807, 2.05) is 0 Å². The van der Waals surface area contributed by atoms with E-state index in [1.54, 1.807) is 0 Å². The van der Waals surface area contributed by atoms with Gasteiger partial charge in [-0.2, -0.15) is 0 Å². The molecule has 4 heteroatoms. The summed E-state index contributed by atoms with van der Waals surface area (Å²) >= 11 is 0. The second-order valence-corrected chi connectivity index (χ2v) is 5.80. The lowest BCUT2D eigenvalue weighted by Crippen LogP contribution is -2.37.